The first-order valence-electron chi connectivity index (χ1n) is 9.08. The number of anilines is 1. The van der Waals surface area contributed by atoms with Crippen LogP contribution in [0.2, 0.25) is 0 Å². The van der Waals surface area contributed by atoms with Gasteiger partial charge in [0, 0.05) is 17.3 Å². The molecule has 2 aliphatic rings. The molecule has 5 heteroatoms. The van der Waals surface area contributed by atoms with Crippen LogP contribution in [0.3, 0.4) is 0 Å². The Balaban J connectivity index is 1.57. The summed E-state index contributed by atoms with van der Waals surface area (Å²) in [5, 5.41) is 5.96. The summed E-state index contributed by atoms with van der Waals surface area (Å²) in [6.07, 6.45) is 9.15. The molecule has 4 N–H and O–H groups in total. The van der Waals surface area contributed by atoms with Crippen molar-refractivity contribution in [3.8, 4) is 0 Å². The second kappa shape index (κ2) is 7.34. The van der Waals surface area contributed by atoms with Crippen LogP contribution in [0.4, 0.5) is 5.69 Å². The number of nitrogens with one attached hydrogen (secondary N) is 2. The number of carbonyl (C=O) groups is 2. The van der Waals surface area contributed by atoms with Crippen molar-refractivity contribution >= 4 is 17.5 Å². The molecule has 130 valence electrons. The Morgan fingerprint density at radius 1 is 0.958 bits per heavy atom. The van der Waals surface area contributed by atoms with Crippen LogP contribution in [0, 0.1) is 0 Å². The van der Waals surface area contributed by atoms with Gasteiger partial charge in [0.15, 0.2) is 0 Å². The quantitative estimate of drug-likeness (QED) is 0.794. The van der Waals surface area contributed by atoms with Gasteiger partial charge in [-0.2, -0.15) is 0 Å². The molecule has 2 fully saturated rings. The average Bonchev–Trinajstić information content (AvgIpc) is 3.09. The Labute approximate surface area is 143 Å². The summed E-state index contributed by atoms with van der Waals surface area (Å²) in [4.78, 5) is 24.6. The molecule has 1 aromatic rings. The molecule has 24 heavy (non-hydrogen) atoms. The van der Waals surface area contributed by atoms with E-state index in [1.54, 1.807) is 24.3 Å². The molecular weight excluding hydrogens is 302 g/mol. The molecule has 0 bridgehead atoms. The topological polar surface area (TPSA) is 84.2 Å². The van der Waals surface area contributed by atoms with E-state index in [1.807, 2.05) is 0 Å². The maximum atomic E-state index is 12.4. The van der Waals surface area contributed by atoms with Crippen molar-refractivity contribution in [3.05, 3.63) is 29.8 Å². The second-order valence-corrected chi connectivity index (χ2v) is 7.20. The summed E-state index contributed by atoms with van der Waals surface area (Å²) in [5.74, 6) is -0.160. The van der Waals surface area contributed by atoms with E-state index < -0.39 is 5.54 Å². The van der Waals surface area contributed by atoms with Crippen LogP contribution in [0.5, 0.6) is 0 Å². The highest BCUT2D eigenvalue weighted by atomic mass is 16.2. The zero-order chi connectivity index (χ0) is 17.0. The van der Waals surface area contributed by atoms with Crippen molar-refractivity contribution in [1.29, 1.82) is 0 Å². The number of benzene rings is 1. The summed E-state index contributed by atoms with van der Waals surface area (Å²) in [6.45, 7) is 0. The minimum Gasteiger partial charge on any atom is -0.349 e. The van der Waals surface area contributed by atoms with Crippen molar-refractivity contribution in [3.63, 3.8) is 0 Å². The van der Waals surface area contributed by atoms with Gasteiger partial charge in [0.25, 0.3) is 5.91 Å². The summed E-state index contributed by atoms with van der Waals surface area (Å²) in [6, 6.07) is 7.36. The third-order valence-corrected chi connectivity index (χ3v) is 5.29. The highest BCUT2D eigenvalue weighted by Crippen LogP contribution is 2.27. The van der Waals surface area contributed by atoms with Crippen LogP contribution >= 0.6 is 0 Å². The third kappa shape index (κ3) is 3.96. The van der Waals surface area contributed by atoms with Gasteiger partial charge in [-0.05, 0) is 49.9 Å². The lowest BCUT2D eigenvalue weighted by Gasteiger charge is -2.31. The SMILES string of the molecule is NC1(C(=O)Nc2ccc(C(=O)NC3CCCC3)cc2)CCCCC1. The van der Waals surface area contributed by atoms with Crippen molar-refractivity contribution in [2.75, 3.05) is 5.32 Å². The minimum atomic E-state index is -0.753. The molecule has 0 radical (unpaired) electrons. The Kier molecular flexibility index (Phi) is 5.19. The van der Waals surface area contributed by atoms with Gasteiger partial charge in [-0.25, -0.2) is 0 Å². The van der Waals surface area contributed by atoms with E-state index in [9.17, 15) is 9.59 Å². The number of hydrogen-bond donors (Lipinski definition) is 3. The fourth-order valence-electron chi connectivity index (χ4n) is 3.71. The Morgan fingerprint density at radius 2 is 1.58 bits per heavy atom. The molecule has 1 aromatic carbocycles. The zero-order valence-corrected chi connectivity index (χ0v) is 14.1. The van der Waals surface area contributed by atoms with Gasteiger partial charge in [0.2, 0.25) is 5.91 Å². The predicted molar refractivity (Wildman–Crippen MR) is 94.8 cm³/mol. The van der Waals surface area contributed by atoms with Crippen LogP contribution < -0.4 is 16.4 Å². The number of amides is 2. The van der Waals surface area contributed by atoms with E-state index in [-0.39, 0.29) is 11.8 Å². The second-order valence-electron chi connectivity index (χ2n) is 7.20. The number of hydrogen-bond acceptors (Lipinski definition) is 3. The van der Waals surface area contributed by atoms with Gasteiger partial charge in [-0.15, -0.1) is 0 Å². The highest BCUT2D eigenvalue weighted by Gasteiger charge is 2.35. The van der Waals surface area contributed by atoms with Crippen molar-refractivity contribution in [2.24, 2.45) is 5.73 Å². The lowest BCUT2D eigenvalue weighted by molar-refractivity contribution is -0.122. The smallest absolute Gasteiger partial charge is 0.251 e. The molecule has 3 rings (SSSR count). The maximum Gasteiger partial charge on any atom is 0.251 e. The normalized spacial score (nSPS) is 20.5. The zero-order valence-electron chi connectivity index (χ0n) is 14.1. The predicted octanol–water partition coefficient (Wildman–Crippen LogP) is 2.96. The molecule has 2 aliphatic carbocycles. The molecule has 0 aliphatic heterocycles. The van der Waals surface area contributed by atoms with Gasteiger partial charge in [-0.1, -0.05) is 32.1 Å². The first-order valence-corrected chi connectivity index (χ1v) is 9.08. The fraction of sp³-hybridized carbons (Fsp3) is 0.579. The fourth-order valence-corrected chi connectivity index (χ4v) is 3.71. The molecule has 0 spiro atoms. The lowest BCUT2D eigenvalue weighted by Crippen LogP contribution is -2.52. The van der Waals surface area contributed by atoms with Crippen LogP contribution in [-0.2, 0) is 4.79 Å². The van der Waals surface area contributed by atoms with Crippen LogP contribution in [-0.4, -0.2) is 23.4 Å². The van der Waals surface area contributed by atoms with Crippen molar-refractivity contribution in [2.45, 2.75) is 69.4 Å². The Bertz CT molecular complexity index is 585. The highest BCUT2D eigenvalue weighted by molar-refractivity contribution is 5.99. The van der Waals surface area contributed by atoms with Crippen molar-refractivity contribution in [1.82, 2.24) is 5.32 Å². The Morgan fingerprint density at radius 3 is 2.21 bits per heavy atom. The molecule has 2 saturated carbocycles. The van der Waals surface area contributed by atoms with E-state index in [0.717, 1.165) is 44.9 Å². The molecule has 0 saturated heterocycles. The van der Waals surface area contributed by atoms with Gasteiger partial charge < -0.3 is 16.4 Å². The summed E-state index contributed by atoms with van der Waals surface area (Å²) in [5.41, 5.74) is 6.80. The van der Waals surface area contributed by atoms with Crippen LogP contribution in [0.1, 0.15) is 68.1 Å². The van der Waals surface area contributed by atoms with E-state index in [4.69, 9.17) is 5.73 Å². The van der Waals surface area contributed by atoms with Crippen molar-refractivity contribution < 1.29 is 9.59 Å². The summed E-state index contributed by atoms with van der Waals surface area (Å²) >= 11 is 0. The van der Waals surface area contributed by atoms with E-state index in [2.05, 4.69) is 10.6 Å². The van der Waals surface area contributed by atoms with Gasteiger partial charge in [0.1, 0.15) is 0 Å². The van der Waals surface area contributed by atoms with Gasteiger partial charge >= 0.3 is 0 Å². The third-order valence-electron chi connectivity index (χ3n) is 5.29. The standard InChI is InChI=1S/C19H27N3O2/c20-19(12-4-1-5-13-19)18(24)22-16-10-8-14(9-11-16)17(23)21-15-6-2-3-7-15/h8-11,15H,1-7,12-13,20H2,(H,21,23)(H,22,24). The number of rotatable bonds is 4. The van der Waals surface area contributed by atoms with E-state index in [1.165, 1.54) is 12.8 Å². The molecular formula is C19H27N3O2. The lowest BCUT2D eigenvalue weighted by atomic mass is 9.82. The summed E-state index contributed by atoms with van der Waals surface area (Å²) < 4.78 is 0. The number of nitrogens with two attached hydrogens (primary N) is 1. The van der Waals surface area contributed by atoms with E-state index >= 15 is 0 Å². The van der Waals surface area contributed by atoms with Gasteiger partial charge in [-0.3, -0.25) is 9.59 Å². The number of carbonyl (C=O) groups excluding carboxylic acids is 2. The van der Waals surface area contributed by atoms with Gasteiger partial charge in [0.05, 0.1) is 5.54 Å². The first-order chi connectivity index (χ1) is 11.6. The molecule has 5 nitrogen and oxygen atoms in total. The molecule has 0 atom stereocenters. The molecule has 0 unspecified atom stereocenters. The molecule has 0 heterocycles. The maximum absolute atomic E-state index is 12.4. The van der Waals surface area contributed by atoms with Crippen LogP contribution in [0.25, 0.3) is 0 Å². The largest absolute Gasteiger partial charge is 0.349 e. The molecule has 0 aromatic heterocycles. The first kappa shape index (κ1) is 17.0. The average molecular weight is 329 g/mol. The molecule has 2 amide bonds. The van der Waals surface area contributed by atoms with Crippen LogP contribution in [0.15, 0.2) is 24.3 Å². The minimum absolute atomic E-state index is 0.0395. The summed E-state index contributed by atoms with van der Waals surface area (Å²) in [7, 11) is 0. The Hall–Kier alpha value is -1.88. The van der Waals surface area contributed by atoms with E-state index in [0.29, 0.717) is 17.3 Å². The monoisotopic (exact) mass is 329 g/mol.